The third-order valence-corrected chi connectivity index (χ3v) is 5.35. The summed E-state index contributed by atoms with van der Waals surface area (Å²) in [5.41, 5.74) is 2.09. The molecule has 0 saturated carbocycles. The fourth-order valence-electron chi connectivity index (χ4n) is 3.34. The summed E-state index contributed by atoms with van der Waals surface area (Å²) in [7, 11) is 2.03. The van der Waals surface area contributed by atoms with Crippen molar-refractivity contribution >= 4 is 39.4 Å². The van der Waals surface area contributed by atoms with E-state index < -0.39 is 0 Å². The lowest BCUT2D eigenvalue weighted by atomic mass is 9.97. The number of nitrogens with zero attached hydrogens (tertiary/aromatic N) is 5. The number of carbonyl (C=O) groups is 1. The fourth-order valence-corrected chi connectivity index (χ4v) is 3.94. The van der Waals surface area contributed by atoms with E-state index in [9.17, 15) is 4.79 Å². The summed E-state index contributed by atoms with van der Waals surface area (Å²) in [6.45, 7) is 3.46. The number of hydrogen-bond donors (Lipinski definition) is 1. The smallest absolute Gasteiger partial charge is 0.231 e. The second kappa shape index (κ2) is 6.44. The number of amides is 1. The molecule has 8 heteroatoms. The number of piperidine rings is 1. The van der Waals surface area contributed by atoms with E-state index in [0.717, 1.165) is 41.4 Å². The van der Waals surface area contributed by atoms with Crippen LogP contribution in [0.1, 0.15) is 17.8 Å². The summed E-state index contributed by atoms with van der Waals surface area (Å²) >= 11 is 1.40. The van der Waals surface area contributed by atoms with E-state index in [0.29, 0.717) is 11.7 Å². The molecule has 1 amide bonds. The van der Waals surface area contributed by atoms with Gasteiger partial charge in [-0.05, 0) is 31.9 Å². The van der Waals surface area contributed by atoms with Gasteiger partial charge < -0.3 is 14.8 Å². The second-order valence-corrected chi connectivity index (χ2v) is 7.54. The number of para-hydroxylation sites is 2. The summed E-state index contributed by atoms with van der Waals surface area (Å²) in [6, 6.07) is 8.10. The molecule has 1 saturated heterocycles. The van der Waals surface area contributed by atoms with Crippen molar-refractivity contribution in [3.05, 3.63) is 29.3 Å². The highest BCUT2D eigenvalue weighted by molar-refractivity contribution is 7.15. The van der Waals surface area contributed by atoms with Crippen molar-refractivity contribution in [2.75, 3.05) is 23.3 Å². The molecule has 3 heterocycles. The number of fused-ring (bicyclic) bond motifs is 1. The van der Waals surface area contributed by atoms with Gasteiger partial charge >= 0.3 is 0 Å². The van der Waals surface area contributed by atoms with Gasteiger partial charge in [-0.2, -0.15) is 0 Å². The van der Waals surface area contributed by atoms with Gasteiger partial charge in [0, 0.05) is 20.1 Å². The Morgan fingerprint density at radius 2 is 2.16 bits per heavy atom. The third kappa shape index (κ3) is 3.09. The van der Waals surface area contributed by atoms with Crippen LogP contribution in [0.5, 0.6) is 0 Å². The maximum absolute atomic E-state index is 12.6. The minimum Gasteiger partial charge on any atom is -0.341 e. The fraction of sp³-hybridized carbons (Fsp3) is 0.412. The molecule has 3 aromatic rings. The zero-order valence-corrected chi connectivity index (χ0v) is 15.1. The normalized spacial score (nSPS) is 17.8. The van der Waals surface area contributed by atoms with Crippen LogP contribution >= 0.6 is 11.3 Å². The molecule has 7 nitrogen and oxygen atoms in total. The van der Waals surface area contributed by atoms with Crippen molar-refractivity contribution in [2.45, 2.75) is 19.8 Å². The number of rotatable bonds is 3. The van der Waals surface area contributed by atoms with Crippen LogP contribution in [0.3, 0.4) is 0 Å². The number of nitrogens with one attached hydrogen (secondary N) is 1. The summed E-state index contributed by atoms with van der Waals surface area (Å²) < 4.78 is 2.10. The predicted octanol–water partition coefficient (Wildman–Crippen LogP) is 2.59. The van der Waals surface area contributed by atoms with Crippen LogP contribution in [0.25, 0.3) is 11.0 Å². The van der Waals surface area contributed by atoms with Gasteiger partial charge in [-0.3, -0.25) is 4.79 Å². The monoisotopic (exact) mass is 356 g/mol. The number of benzene rings is 1. The zero-order valence-electron chi connectivity index (χ0n) is 14.3. The number of imidazole rings is 1. The van der Waals surface area contributed by atoms with Crippen molar-refractivity contribution in [3.63, 3.8) is 0 Å². The maximum Gasteiger partial charge on any atom is 0.231 e. The molecule has 0 spiro atoms. The summed E-state index contributed by atoms with van der Waals surface area (Å²) in [5, 5.41) is 12.2. The Bertz CT molecular complexity index is 917. The molecule has 2 aromatic heterocycles. The predicted molar refractivity (Wildman–Crippen MR) is 98.9 cm³/mol. The van der Waals surface area contributed by atoms with Crippen molar-refractivity contribution in [1.82, 2.24) is 19.7 Å². The molecule has 1 aromatic carbocycles. The molecule has 4 rings (SSSR count). The zero-order chi connectivity index (χ0) is 17.4. The average Bonchev–Trinajstić information content (AvgIpc) is 3.19. The number of anilines is 2. The minimum absolute atomic E-state index is 0.0135. The van der Waals surface area contributed by atoms with Gasteiger partial charge in [0.2, 0.25) is 17.0 Å². The highest BCUT2D eigenvalue weighted by Crippen LogP contribution is 2.26. The van der Waals surface area contributed by atoms with Gasteiger partial charge in [0.05, 0.1) is 17.0 Å². The van der Waals surface area contributed by atoms with E-state index >= 15 is 0 Å². The van der Waals surface area contributed by atoms with Gasteiger partial charge in [0.15, 0.2) is 0 Å². The van der Waals surface area contributed by atoms with Crippen LogP contribution in [0, 0.1) is 12.8 Å². The van der Waals surface area contributed by atoms with Crippen LogP contribution in [0.4, 0.5) is 11.1 Å². The summed E-state index contributed by atoms with van der Waals surface area (Å²) in [6.07, 6.45) is 1.85. The average molecular weight is 356 g/mol. The van der Waals surface area contributed by atoms with Crippen molar-refractivity contribution in [2.24, 2.45) is 13.0 Å². The highest BCUT2D eigenvalue weighted by Gasteiger charge is 2.28. The van der Waals surface area contributed by atoms with Crippen LogP contribution in [0.2, 0.25) is 0 Å². The van der Waals surface area contributed by atoms with E-state index in [1.54, 1.807) is 0 Å². The molecule has 0 unspecified atom stereocenters. The topological polar surface area (TPSA) is 75.9 Å². The molecule has 1 fully saturated rings. The number of hydrogen-bond acceptors (Lipinski definition) is 6. The summed E-state index contributed by atoms with van der Waals surface area (Å²) in [5.74, 6) is 0.864. The molecule has 0 radical (unpaired) electrons. The highest BCUT2D eigenvalue weighted by atomic mass is 32.1. The van der Waals surface area contributed by atoms with Crippen LogP contribution in [-0.2, 0) is 11.8 Å². The van der Waals surface area contributed by atoms with Gasteiger partial charge in [-0.25, -0.2) is 4.98 Å². The molecule has 1 aliphatic heterocycles. The van der Waals surface area contributed by atoms with Crippen molar-refractivity contribution in [3.8, 4) is 0 Å². The molecule has 1 aliphatic rings. The maximum atomic E-state index is 12.6. The largest absolute Gasteiger partial charge is 0.341 e. The first-order valence-corrected chi connectivity index (χ1v) is 9.21. The first-order valence-electron chi connectivity index (χ1n) is 8.39. The molecular formula is C17H20N6OS. The lowest BCUT2D eigenvalue weighted by Gasteiger charge is -2.32. The Balaban J connectivity index is 1.52. The number of carbonyl (C=O) groups excluding carboxylic acids is 1. The molecule has 1 N–H and O–H groups in total. The van der Waals surface area contributed by atoms with E-state index in [1.807, 2.05) is 32.2 Å². The van der Waals surface area contributed by atoms with Crippen LogP contribution in [0.15, 0.2) is 24.3 Å². The molecule has 1 atom stereocenters. The van der Waals surface area contributed by atoms with E-state index in [1.165, 1.54) is 11.3 Å². The molecule has 0 bridgehead atoms. The lowest BCUT2D eigenvalue weighted by molar-refractivity contribution is -0.120. The SMILES string of the molecule is Cc1nnc(NC(=O)[C@@H]2CCCN(c3nc4ccccc4n3C)C2)s1. The second-order valence-electron chi connectivity index (χ2n) is 6.36. The Morgan fingerprint density at radius 3 is 2.92 bits per heavy atom. The van der Waals surface area contributed by atoms with E-state index in [4.69, 9.17) is 4.98 Å². The van der Waals surface area contributed by atoms with Gasteiger partial charge in [-0.15, -0.1) is 10.2 Å². The Hall–Kier alpha value is -2.48. The Morgan fingerprint density at radius 1 is 1.32 bits per heavy atom. The van der Waals surface area contributed by atoms with E-state index in [-0.39, 0.29) is 11.8 Å². The van der Waals surface area contributed by atoms with Crippen LogP contribution < -0.4 is 10.2 Å². The van der Waals surface area contributed by atoms with Gasteiger partial charge in [-0.1, -0.05) is 23.5 Å². The Labute approximate surface area is 149 Å². The van der Waals surface area contributed by atoms with Crippen molar-refractivity contribution < 1.29 is 4.79 Å². The van der Waals surface area contributed by atoms with Gasteiger partial charge in [0.1, 0.15) is 5.01 Å². The number of aromatic nitrogens is 4. The third-order valence-electron chi connectivity index (χ3n) is 4.59. The summed E-state index contributed by atoms with van der Waals surface area (Å²) in [4.78, 5) is 19.5. The van der Waals surface area contributed by atoms with Crippen molar-refractivity contribution in [1.29, 1.82) is 0 Å². The number of aryl methyl sites for hydroxylation is 2. The molecule has 130 valence electrons. The van der Waals surface area contributed by atoms with Gasteiger partial charge in [0.25, 0.3) is 0 Å². The molecule has 0 aliphatic carbocycles. The lowest BCUT2D eigenvalue weighted by Crippen LogP contribution is -2.41. The molecular weight excluding hydrogens is 336 g/mol. The quantitative estimate of drug-likeness (QED) is 0.781. The minimum atomic E-state index is -0.0715. The van der Waals surface area contributed by atoms with Crippen LogP contribution in [-0.4, -0.2) is 38.7 Å². The Kier molecular flexibility index (Phi) is 4.12. The standard InChI is InChI=1S/C17H20N6OS/c1-11-20-21-16(25-11)19-15(24)12-6-5-9-23(10-12)17-18-13-7-3-4-8-14(13)22(17)2/h3-4,7-8,12H,5-6,9-10H2,1-2H3,(H,19,21,24)/t12-/m1/s1. The van der Waals surface area contributed by atoms with E-state index in [2.05, 4.69) is 31.0 Å². The molecule has 25 heavy (non-hydrogen) atoms. The first-order chi connectivity index (χ1) is 12.1. The first kappa shape index (κ1) is 16.0.